The highest BCUT2D eigenvalue weighted by atomic mass is 16.5. The molecule has 1 unspecified atom stereocenters. The molecule has 1 aliphatic heterocycles. The number of nitrogens with zero attached hydrogens (tertiary/aromatic N) is 2. The predicted octanol–water partition coefficient (Wildman–Crippen LogP) is 0.591. The van der Waals surface area contributed by atoms with E-state index in [-0.39, 0.29) is 17.3 Å². The zero-order valence-corrected chi connectivity index (χ0v) is 9.82. The zero-order valence-electron chi connectivity index (χ0n) is 9.82. The van der Waals surface area contributed by atoms with E-state index in [4.69, 9.17) is 4.74 Å². The van der Waals surface area contributed by atoms with Crippen molar-refractivity contribution in [3.8, 4) is 0 Å². The summed E-state index contributed by atoms with van der Waals surface area (Å²) in [5.74, 6) is 1.33. The van der Waals surface area contributed by atoms with Crippen LogP contribution in [0.4, 0.5) is 0 Å². The third-order valence-corrected chi connectivity index (χ3v) is 3.30. The smallest absolute Gasteiger partial charge is 0.291 e. The molecule has 1 atom stereocenters. The van der Waals surface area contributed by atoms with Crippen molar-refractivity contribution in [2.24, 2.45) is 0 Å². The van der Waals surface area contributed by atoms with Crippen LogP contribution in [0, 0.1) is 0 Å². The molecule has 0 aromatic carbocycles. The summed E-state index contributed by atoms with van der Waals surface area (Å²) in [5, 5.41) is 9.73. The van der Waals surface area contributed by atoms with Gasteiger partial charge in [-0.25, -0.2) is 4.98 Å². The second kappa shape index (κ2) is 3.80. The normalized spacial score (nSPS) is 28.3. The number of carbonyl (C=O) groups excluding carboxylic acids is 1. The highest BCUT2D eigenvalue weighted by Gasteiger charge is 2.33. The number of aromatic nitrogens is 3. The molecule has 1 saturated heterocycles. The van der Waals surface area contributed by atoms with E-state index in [1.165, 1.54) is 0 Å². The molecule has 0 bridgehead atoms. The first-order valence-corrected chi connectivity index (χ1v) is 5.99. The van der Waals surface area contributed by atoms with Gasteiger partial charge in [0.15, 0.2) is 0 Å². The van der Waals surface area contributed by atoms with Gasteiger partial charge in [-0.1, -0.05) is 0 Å². The van der Waals surface area contributed by atoms with Gasteiger partial charge in [0, 0.05) is 12.5 Å². The molecule has 17 heavy (non-hydrogen) atoms. The number of H-pyrrole nitrogens is 1. The highest BCUT2D eigenvalue weighted by molar-refractivity contribution is 5.90. The van der Waals surface area contributed by atoms with Gasteiger partial charge in [-0.15, -0.1) is 5.10 Å². The van der Waals surface area contributed by atoms with E-state index in [9.17, 15) is 4.79 Å². The Kier molecular flexibility index (Phi) is 2.39. The average Bonchev–Trinajstić information content (AvgIpc) is 2.87. The number of hydrogen-bond acceptors (Lipinski definition) is 4. The minimum atomic E-state index is -0.280. The third kappa shape index (κ3) is 2.17. The zero-order chi connectivity index (χ0) is 11.9. The van der Waals surface area contributed by atoms with Crippen molar-refractivity contribution < 1.29 is 9.53 Å². The molecule has 2 N–H and O–H groups in total. The monoisotopic (exact) mass is 236 g/mol. The van der Waals surface area contributed by atoms with Crippen LogP contribution in [0.3, 0.4) is 0 Å². The Morgan fingerprint density at radius 2 is 2.41 bits per heavy atom. The van der Waals surface area contributed by atoms with Crippen molar-refractivity contribution >= 4 is 5.91 Å². The maximum absolute atomic E-state index is 12.0. The van der Waals surface area contributed by atoms with E-state index in [0.717, 1.165) is 25.1 Å². The van der Waals surface area contributed by atoms with Crippen molar-refractivity contribution in [3.05, 3.63) is 11.6 Å². The number of ether oxygens (including phenoxy) is 1. The lowest BCUT2D eigenvalue weighted by Gasteiger charge is -2.22. The molecule has 1 aromatic heterocycles. The Hall–Kier alpha value is -1.43. The molecular weight excluding hydrogens is 220 g/mol. The maximum atomic E-state index is 12.0. The summed E-state index contributed by atoms with van der Waals surface area (Å²) in [7, 11) is 0. The van der Waals surface area contributed by atoms with Gasteiger partial charge < -0.3 is 10.1 Å². The fourth-order valence-corrected chi connectivity index (χ4v) is 2.01. The van der Waals surface area contributed by atoms with E-state index >= 15 is 0 Å². The quantitative estimate of drug-likeness (QED) is 0.805. The van der Waals surface area contributed by atoms with Crippen LogP contribution in [0.25, 0.3) is 0 Å². The summed E-state index contributed by atoms with van der Waals surface area (Å²) in [6.07, 6.45) is 3.11. The second-order valence-corrected chi connectivity index (χ2v) is 5.14. The van der Waals surface area contributed by atoms with Gasteiger partial charge in [-0.3, -0.25) is 9.89 Å². The molecule has 6 nitrogen and oxygen atoms in total. The first-order chi connectivity index (χ1) is 8.16. The summed E-state index contributed by atoms with van der Waals surface area (Å²) in [6, 6.07) is 0. The van der Waals surface area contributed by atoms with Crippen LogP contribution in [-0.2, 0) is 4.74 Å². The Bertz CT molecular complexity index is 432. The van der Waals surface area contributed by atoms with Crippen molar-refractivity contribution in [3.63, 3.8) is 0 Å². The Morgan fingerprint density at radius 3 is 3.06 bits per heavy atom. The molecule has 3 rings (SSSR count). The number of amides is 1. The fraction of sp³-hybridized carbons (Fsp3) is 0.727. The van der Waals surface area contributed by atoms with E-state index in [2.05, 4.69) is 20.5 Å². The van der Waals surface area contributed by atoms with Gasteiger partial charge in [0.1, 0.15) is 5.82 Å². The second-order valence-electron chi connectivity index (χ2n) is 5.14. The van der Waals surface area contributed by atoms with Crippen LogP contribution in [0.1, 0.15) is 48.5 Å². The van der Waals surface area contributed by atoms with Crippen molar-refractivity contribution in [1.82, 2.24) is 20.5 Å². The number of aromatic amines is 1. The molecule has 6 heteroatoms. The summed E-state index contributed by atoms with van der Waals surface area (Å²) < 4.78 is 5.29. The standard InChI is InChI=1S/C11H16N4O2/c1-11(4-5-17-6-11)13-10(16)9-12-8(14-15-9)7-2-3-7/h7H,2-6H2,1H3,(H,13,16)(H,12,14,15). The number of hydrogen-bond donors (Lipinski definition) is 2. The van der Waals surface area contributed by atoms with E-state index in [0.29, 0.717) is 19.1 Å². The van der Waals surface area contributed by atoms with E-state index in [1.807, 2.05) is 6.92 Å². The van der Waals surface area contributed by atoms with Crippen molar-refractivity contribution in [2.75, 3.05) is 13.2 Å². The molecule has 1 aliphatic carbocycles. The lowest BCUT2D eigenvalue weighted by Crippen LogP contribution is -2.46. The third-order valence-electron chi connectivity index (χ3n) is 3.30. The van der Waals surface area contributed by atoms with Crippen molar-refractivity contribution in [1.29, 1.82) is 0 Å². The highest BCUT2D eigenvalue weighted by Crippen LogP contribution is 2.37. The molecule has 1 amide bonds. The van der Waals surface area contributed by atoms with Crippen LogP contribution in [0.2, 0.25) is 0 Å². The fourth-order valence-electron chi connectivity index (χ4n) is 2.01. The van der Waals surface area contributed by atoms with Crippen LogP contribution < -0.4 is 5.32 Å². The Labute approximate surface area is 99.1 Å². The van der Waals surface area contributed by atoms with Gasteiger partial charge in [0.2, 0.25) is 5.82 Å². The first kappa shape index (κ1) is 10.7. The van der Waals surface area contributed by atoms with E-state index in [1.54, 1.807) is 0 Å². The Morgan fingerprint density at radius 1 is 1.59 bits per heavy atom. The van der Waals surface area contributed by atoms with Crippen LogP contribution in [-0.4, -0.2) is 39.8 Å². The van der Waals surface area contributed by atoms with Gasteiger partial charge in [-0.05, 0) is 26.2 Å². The Balaban J connectivity index is 1.68. The number of nitrogens with one attached hydrogen (secondary N) is 2. The van der Waals surface area contributed by atoms with Crippen LogP contribution in [0.15, 0.2) is 0 Å². The largest absolute Gasteiger partial charge is 0.379 e. The van der Waals surface area contributed by atoms with Crippen LogP contribution >= 0.6 is 0 Å². The van der Waals surface area contributed by atoms with Crippen LogP contribution in [0.5, 0.6) is 0 Å². The molecule has 92 valence electrons. The minimum absolute atomic E-state index is 0.221. The minimum Gasteiger partial charge on any atom is -0.379 e. The lowest BCUT2D eigenvalue weighted by molar-refractivity contribution is 0.0879. The van der Waals surface area contributed by atoms with Gasteiger partial charge in [0.05, 0.1) is 12.1 Å². The van der Waals surface area contributed by atoms with Gasteiger partial charge in [0.25, 0.3) is 5.91 Å². The number of carbonyl (C=O) groups is 1. The average molecular weight is 236 g/mol. The molecule has 0 radical (unpaired) electrons. The molecule has 2 heterocycles. The lowest BCUT2D eigenvalue weighted by atomic mass is 10.0. The van der Waals surface area contributed by atoms with Gasteiger partial charge in [-0.2, -0.15) is 0 Å². The molecule has 1 aromatic rings. The predicted molar refractivity (Wildman–Crippen MR) is 59.7 cm³/mol. The summed E-state index contributed by atoms with van der Waals surface area (Å²) in [5.41, 5.74) is -0.280. The summed E-state index contributed by atoms with van der Waals surface area (Å²) in [6.45, 7) is 3.23. The van der Waals surface area contributed by atoms with E-state index < -0.39 is 0 Å². The van der Waals surface area contributed by atoms with Gasteiger partial charge >= 0.3 is 0 Å². The SMILES string of the molecule is CC1(NC(=O)c2n[nH]c(C3CC3)n2)CCOC1. The maximum Gasteiger partial charge on any atom is 0.291 e. The molecular formula is C11H16N4O2. The molecule has 1 saturated carbocycles. The molecule has 2 aliphatic rings. The summed E-state index contributed by atoms with van der Waals surface area (Å²) >= 11 is 0. The van der Waals surface area contributed by atoms with Crippen molar-refractivity contribution in [2.45, 2.75) is 37.6 Å². The molecule has 2 fully saturated rings. The first-order valence-electron chi connectivity index (χ1n) is 5.99. The summed E-state index contributed by atoms with van der Waals surface area (Å²) in [4.78, 5) is 16.2. The number of rotatable bonds is 3. The topological polar surface area (TPSA) is 79.9 Å². The molecule has 0 spiro atoms.